The molecule has 6 heterocycles. The van der Waals surface area contributed by atoms with E-state index in [1.165, 1.54) is 70.8 Å². The van der Waals surface area contributed by atoms with Crippen LogP contribution in [0.2, 0.25) is 0 Å². The highest BCUT2D eigenvalue weighted by molar-refractivity contribution is 6.31. The molecule has 0 aliphatic rings. The first-order valence-electron chi connectivity index (χ1n) is 30.8. The van der Waals surface area contributed by atoms with Gasteiger partial charge < -0.3 is 27.1 Å². The highest BCUT2D eigenvalue weighted by Crippen LogP contribution is 2.47. The van der Waals surface area contributed by atoms with Crippen molar-refractivity contribution in [2.75, 3.05) is 0 Å². The molecule has 6 aromatic heterocycles. The standard InChI is InChI=1S/C84H50N4O2/c1-2-16-51(17-3-1)52-32-37-57(38-33-52)85-68-26-9-4-21-63(68)80-72(85)43-44-74-82(80)65-23-6-11-28-70(65)87(74)59-41-42-61-67-49-56(36-47-78(67)89-79(61)50-59)55-19-14-18-54(48-55)53-34-39-58(40-35-53)86-69-27-10-5-22-64(69)81-73(86)45-46-75-83(81)66-24-7-12-29-71(66)88(75)76-30-15-25-62-60-20-8-13-31-77(60)90-84(62)76/h1-50H. The summed E-state index contributed by atoms with van der Waals surface area (Å²) in [4.78, 5) is 0. The van der Waals surface area contributed by atoms with Crippen LogP contribution in [0.15, 0.2) is 312 Å². The molecule has 0 spiro atoms. The Bertz CT molecular complexity index is 6380. The monoisotopic (exact) mass is 1150 g/mol. The number of hydrogen-bond donors (Lipinski definition) is 0. The van der Waals surface area contributed by atoms with E-state index in [4.69, 9.17) is 8.83 Å². The van der Waals surface area contributed by atoms with Gasteiger partial charge in [-0.3, -0.25) is 0 Å². The van der Waals surface area contributed by atoms with Gasteiger partial charge in [-0.05, 0) is 149 Å². The molecule has 6 nitrogen and oxygen atoms in total. The van der Waals surface area contributed by atoms with Crippen molar-refractivity contribution < 1.29 is 8.83 Å². The van der Waals surface area contributed by atoms with E-state index in [9.17, 15) is 0 Å². The molecule has 0 unspecified atom stereocenters. The predicted octanol–water partition coefficient (Wildman–Crippen LogP) is 22.9. The maximum atomic E-state index is 6.77. The first kappa shape index (κ1) is 49.0. The molecule has 418 valence electrons. The number of nitrogens with zero attached hydrogens (tertiary/aromatic N) is 4. The molecule has 0 atom stereocenters. The van der Waals surface area contributed by atoms with E-state index >= 15 is 0 Å². The Kier molecular flexibility index (Phi) is 10.2. The van der Waals surface area contributed by atoms with E-state index < -0.39 is 0 Å². The Labute approximate surface area is 514 Å². The lowest BCUT2D eigenvalue weighted by Crippen LogP contribution is -1.95. The lowest BCUT2D eigenvalue weighted by Gasteiger charge is -2.11. The first-order valence-corrected chi connectivity index (χ1v) is 30.8. The minimum absolute atomic E-state index is 0.854. The highest BCUT2D eigenvalue weighted by atomic mass is 16.3. The molecule has 20 rings (SSSR count). The van der Waals surface area contributed by atoms with Crippen LogP contribution in [-0.4, -0.2) is 18.3 Å². The van der Waals surface area contributed by atoms with Gasteiger partial charge in [-0.25, -0.2) is 0 Å². The normalized spacial score (nSPS) is 12.2. The number of furan rings is 2. The zero-order chi connectivity index (χ0) is 58.7. The van der Waals surface area contributed by atoms with Crippen molar-refractivity contribution in [1.29, 1.82) is 0 Å². The number of hydrogen-bond acceptors (Lipinski definition) is 2. The zero-order valence-electron chi connectivity index (χ0n) is 48.5. The summed E-state index contributed by atoms with van der Waals surface area (Å²) in [6.07, 6.45) is 0. The van der Waals surface area contributed by atoms with E-state index in [2.05, 4.69) is 316 Å². The SMILES string of the molecule is c1ccc(-c2ccc(-n3c4ccccc4c4c5c6ccccc6n(-c6ccc7c(c6)oc6ccc(-c8cccc(-c9ccc(-n%10c%11ccccc%11c%11c%12c%13ccccc%13n(-c%13cccc%14c%13oc%13ccccc%13%14)c%12ccc%11%10)cc9)c8)cc67)c5ccc43)cc2)cc1. The Morgan fingerprint density at radius 2 is 0.578 bits per heavy atom. The molecular formula is C84H50N4O2. The molecule has 0 amide bonds. The fraction of sp³-hybridized carbons (Fsp3) is 0. The van der Waals surface area contributed by atoms with E-state index in [1.807, 2.05) is 6.07 Å². The number of fused-ring (bicyclic) bond motifs is 20. The second-order valence-electron chi connectivity index (χ2n) is 23.9. The fourth-order valence-corrected chi connectivity index (χ4v) is 15.2. The second kappa shape index (κ2) is 18.7. The van der Waals surface area contributed by atoms with E-state index in [-0.39, 0.29) is 0 Å². The molecule has 0 radical (unpaired) electrons. The Balaban J connectivity index is 0.649. The topological polar surface area (TPSA) is 46.0 Å². The number of rotatable bonds is 7. The lowest BCUT2D eigenvalue weighted by atomic mass is 9.98. The lowest BCUT2D eigenvalue weighted by molar-refractivity contribution is 0.666. The predicted molar refractivity (Wildman–Crippen MR) is 375 cm³/mol. The molecule has 6 heteroatoms. The van der Waals surface area contributed by atoms with Crippen LogP contribution in [0.3, 0.4) is 0 Å². The molecule has 0 saturated heterocycles. The zero-order valence-corrected chi connectivity index (χ0v) is 48.5. The van der Waals surface area contributed by atoms with Crippen molar-refractivity contribution >= 4 is 131 Å². The molecule has 0 fully saturated rings. The van der Waals surface area contributed by atoms with Crippen LogP contribution in [0.25, 0.3) is 187 Å². The van der Waals surface area contributed by atoms with Gasteiger partial charge in [-0.1, -0.05) is 182 Å². The maximum absolute atomic E-state index is 6.77. The molecule has 0 bridgehead atoms. The van der Waals surface area contributed by atoms with Gasteiger partial charge >= 0.3 is 0 Å². The average Bonchev–Trinajstić information content (AvgIpc) is 1.60. The molecule has 90 heavy (non-hydrogen) atoms. The molecule has 0 aliphatic carbocycles. The molecule has 20 aromatic rings. The third kappa shape index (κ3) is 6.98. The molecule has 0 saturated carbocycles. The van der Waals surface area contributed by atoms with Crippen LogP contribution >= 0.6 is 0 Å². The number of benzene rings is 14. The minimum atomic E-state index is 0.854. The highest BCUT2D eigenvalue weighted by Gasteiger charge is 2.25. The summed E-state index contributed by atoms with van der Waals surface area (Å²) in [5.41, 5.74) is 24.1. The van der Waals surface area contributed by atoms with Gasteiger partial charge in [0.1, 0.15) is 16.7 Å². The summed E-state index contributed by atoms with van der Waals surface area (Å²) < 4.78 is 23.1. The molecule has 14 aromatic carbocycles. The summed E-state index contributed by atoms with van der Waals surface area (Å²) in [5.74, 6) is 0. The van der Waals surface area contributed by atoms with Crippen molar-refractivity contribution in [3.63, 3.8) is 0 Å². The van der Waals surface area contributed by atoms with E-state index in [0.717, 1.165) is 116 Å². The maximum Gasteiger partial charge on any atom is 0.159 e. The first-order chi connectivity index (χ1) is 44.6. The van der Waals surface area contributed by atoms with Crippen molar-refractivity contribution in [2.45, 2.75) is 0 Å². The second-order valence-corrected chi connectivity index (χ2v) is 23.9. The van der Waals surface area contributed by atoms with E-state index in [0.29, 0.717) is 0 Å². The van der Waals surface area contributed by atoms with Crippen LogP contribution in [0.1, 0.15) is 0 Å². The van der Waals surface area contributed by atoms with Crippen LogP contribution in [0.5, 0.6) is 0 Å². The Morgan fingerprint density at radius 3 is 1.17 bits per heavy atom. The Morgan fingerprint density at radius 1 is 0.189 bits per heavy atom. The van der Waals surface area contributed by atoms with E-state index in [1.54, 1.807) is 0 Å². The van der Waals surface area contributed by atoms with Gasteiger partial charge in [0.2, 0.25) is 0 Å². The van der Waals surface area contributed by atoms with Crippen molar-refractivity contribution in [2.24, 2.45) is 0 Å². The smallest absolute Gasteiger partial charge is 0.159 e. The quantitative estimate of drug-likeness (QED) is 0.160. The van der Waals surface area contributed by atoms with Crippen LogP contribution in [0, 0.1) is 0 Å². The summed E-state index contributed by atoms with van der Waals surface area (Å²) >= 11 is 0. The summed E-state index contributed by atoms with van der Waals surface area (Å²) in [6.45, 7) is 0. The number of para-hydroxylation sites is 6. The summed E-state index contributed by atoms with van der Waals surface area (Å²) in [7, 11) is 0. The largest absolute Gasteiger partial charge is 0.456 e. The third-order valence-electron chi connectivity index (χ3n) is 19.2. The fourth-order valence-electron chi connectivity index (χ4n) is 15.2. The van der Waals surface area contributed by atoms with Gasteiger partial charge in [0, 0.05) is 87.8 Å². The van der Waals surface area contributed by atoms with Gasteiger partial charge in [-0.2, -0.15) is 0 Å². The van der Waals surface area contributed by atoms with Crippen LogP contribution in [0.4, 0.5) is 0 Å². The van der Waals surface area contributed by atoms with Crippen LogP contribution in [-0.2, 0) is 0 Å². The van der Waals surface area contributed by atoms with Crippen molar-refractivity contribution in [3.8, 4) is 56.1 Å². The van der Waals surface area contributed by atoms with Crippen molar-refractivity contribution in [1.82, 2.24) is 18.3 Å². The molecule has 0 N–H and O–H groups in total. The Hall–Kier alpha value is -12.1. The van der Waals surface area contributed by atoms with Crippen molar-refractivity contribution in [3.05, 3.63) is 303 Å². The van der Waals surface area contributed by atoms with Gasteiger partial charge in [0.15, 0.2) is 5.58 Å². The van der Waals surface area contributed by atoms with Gasteiger partial charge in [0.05, 0.1) is 49.8 Å². The summed E-state index contributed by atoms with van der Waals surface area (Å²) in [5, 5.41) is 14.2. The van der Waals surface area contributed by atoms with Gasteiger partial charge in [0.25, 0.3) is 0 Å². The third-order valence-corrected chi connectivity index (χ3v) is 19.2. The van der Waals surface area contributed by atoms with Gasteiger partial charge in [-0.15, -0.1) is 0 Å². The average molecular weight is 1150 g/mol. The minimum Gasteiger partial charge on any atom is -0.456 e. The van der Waals surface area contributed by atoms with Crippen LogP contribution < -0.4 is 0 Å². The number of aromatic nitrogens is 4. The summed E-state index contributed by atoms with van der Waals surface area (Å²) in [6, 6.07) is 110. The molecule has 0 aliphatic heterocycles. The molecular weight excluding hydrogens is 1100 g/mol.